The Balaban J connectivity index is 1.52. The lowest BCUT2D eigenvalue weighted by Crippen LogP contribution is -2.19. The van der Waals surface area contributed by atoms with E-state index in [1.807, 2.05) is 33.7 Å². The summed E-state index contributed by atoms with van der Waals surface area (Å²) in [5, 5.41) is 8.03. The summed E-state index contributed by atoms with van der Waals surface area (Å²) in [5.41, 5.74) is 4.21. The fourth-order valence-electron chi connectivity index (χ4n) is 3.45. The van der Waals surface area contributed by atoms with E-state index in [-0.39, 0.29) is 0 Å². The lowest BCUT2D eigenvalue weighted by molar-refractivity contribution is 0.681. The number of nitrogens with zero attached hydrogens (tertiary/aromatic N) is 6. The largest absolute Gasteiger partial charge is 0.350 e. The number of fused-ring (bicyclic) bond motifs is 2. The van der Waals surface area contributed by atoms with Crippen LogP contribution in [-0.2, 0) is 6.42 Å². The number of aromatic nitrogens is 6. The minimum Gasteiger partial charge on any atom is -0.350 e. The molecule has 0 radical (unpaired) electrons. The van der Waals surface area contributed by atoms with Crippen molar-refractivity contribution in [3.05, 3.63) is 42.7 Å². The van der Waals surface area contributed by atoms with Crippen LogP contribution in [0.3, 0.4) is 0 Å². The fraction of sp³-hybridized carbons (Fsp3) is 0.368. The van der Waals surface area contributed by atoms with Gasteiger partial charge in [-0.1, -0.05) is 6.92 Å². The Labute approximate surface area is 151 Å². The first kappa shape index (κ1) is 15.3. The van der Waals surface area contributed by atoms with Crippen molar-refractivity contribution in [1.82, 2.24) is 29.0 Å². The Morgan fingerprint density at radius 2 is 2.04 bits per heavy atom. The van der Waals surface area contributed by atoms with Crippen molar-refractivity contribution in [3.63, 3.8) is 0 Å². The van der Waals surface area contributed by atoms with Gasteiger partial charge in [0, 0.05) is 41.5 Å². The summed E-state index contributed by atoms with van der Waals surface area (Å²) in [7, 11) is 0. The topological polar surface area (TPSA) is 72.4 Å². The lowest BCUT2D eigenvalue weighted by atomic mass is 10.1. The maximum Gasteiger partial charge on any atom is 0.241 e. The molecule has 0 aliphatic heterocycles. The zero-order valence-corrected chi connectivity index (χ0v) is 14.9. The van der Waals surface area contributed by atoms with Gasteiger partial charge in [0.05, 0.1) is 17.9 Å². The highest BCUT2D eigenvalue weighted by Crippen LogP contribution is 2.33. The smallest absolute Gasteiger partial charge is 0.241 e. The third-order valence-electron chi connectivity index (χ3n) is 5.22. The van der Waals surface area contributed by atoms with Gasteiger partial charge in [-0.05, 0) is 38.2 Å². The molecule has 0 spiro atoms. The van der Waals surface area contributed by atoms with Gasteiger partial charge in [0.15, 0.2) is 0 Å². The standard InChI is InChI=1S/C19H21N7/c1-3-15-9-22-19-21-8-14(11-25(15)19)16-6-7-26-17(16)10-20-18(24-26)23-12(2)13-4-5-13/h6-13H,3-5H2,1-2H3,(H,23,24). The SMILES string of the molecule is CCc1cnc2ncc(-c3ccn4nc(NC(C)C5CC5)ncc34)cn12. The highest BCUT2D eigenvalue weighted by atomic mass is 15.3. The maximum atomic E-state index is 4.61. The molecule has 4 heterocycles. The minimum atomic E-state index is 0.419. The molecule has 5 rings (SSSR count). The van der Waals surface area contributed by atoms with Crippen molar-refractivity contribution in [1.29, 1.82) is 0 Å². The average molecular weight is 347 g/mol. The Morgan fingerprint density at radius 1 is 1.19 bits per heavy atom. The molecule has 1 saturated carbocycles. The van der Waals surface area contributed by atoms with Gasteiger partial charge in [-0.2, -0.15) is 0 Å². The van der Waals surface area contributed by atoms with Crippen LogP contribution in [0.15, 0.2) is 37.1 Å². The first-order valence-electron chi connectivity index (χ1n) is 9.16. The predicted octanol–water partition coefficient (Wildman–Crippen LogP) is 3.21. The van der Waals surface area contributed by atoms with Crippen molar-refractivity contribution in [3.8, 4) is 11.1 Å². The zero-order valence-electron chi connectivity index (χ0n) is 14.9. The van der Waals surface area contributed by atoms with Crippen molar-refractivity contribution in [2.24, 2.45) is 5.92 Å². The fourth-order valence-corrected chi connectivity index (χ4v) is 3.45. The molecule has 1 aliphatic carbocycles. The van der Waals surface area contributed by atoms with E-state index in [1.165, 1.54) is 12.8 Å². The number of aryl methyl sites for hydroxylation is 1. The maximum absolute atomic E-state index is 4.61. The second-order valence-corrected chi connectivity index (χ2v) is 7.03. The van der Waals surface area contributed by atoms with E-state index in [1.54, 1.807) is 0 Å². The highest BCUT2D eigenvalue weighted by molar-refractivity contribution is 5.79. The van der Waals surface area contributed by atoms with Crippen LogP contribution in [0.5, 0.6) is 0 Å². The van der Waals surface area contributed by atoms with Crippen LogP contribution in [0.1, 0.15) is 32.4 Å². The van der Waals surface area contributed by atoms with Gasteiger partial charge in [-0.25, -0.2) is 19.5 Å². The van der Waals surface area contributed by atoms with Crippen molar-refractivity contribution >= 4 is 17.2 Å². The quantitative estimate of drug-likeness (QED) is 0.600. The minimum absolute atomic E-state index is 0.419. The zero-order chi connectivity index (χ0) is 17.7. The summed E-state index contributed by atoms with van der Waals surface area (Å²) in [6.07, 6.45) is 13.2. The number of anilines is 1. The number of hydrogen-bond acceptors (Lipinski definition) is 5. The predicted molar refractivity (Wildman–Crippen MR) is 100 cm³/mol. The molecule has 7 heteroatoms. The van der Waals surface area contributed by atoms with E-state index >= 15 is 0 Å². The molecule has 1 fully saturated rings. The van der Waals surface area contributed by atoms with Crippen LogP contribution in [0.2, 0.25) is 0 Å². The molecular formula is C19H21N7. The van der Waals surface area contributed by atoms with Gasteiger partial charge in [0.25, 0.3) is 0 Å². The Hall–Kier alpha value is -2.96. The van der Waals surface area contributed by atoms with Crippen LogP contribution in [0, 0.1) is 5.92 Å². The molecule has 0 bridgehead atoms. The van der Waals surface area contributed by atoms with E-state index in [2.05, 4.69) is 51.5 Å². The normalized spacial score (nSPS) is 15.6. The summed E-state index contributed by atoms with van der Waals surface area (Å²) in [5.74, 6) is 2.16. The Morgan fingerprint density at radius 3 is 2.85 bits per heavy atom. The molecule has 0 aromatic carbocycles. The van der Waals surface area contributed by atoms with E-state index in [0.29, 0.717) is 12.0 Å². The molecule has 4 aromatic rings. The van der Waals surface area contributed by atoms with E-state index < -0.39 is 0 Å². The first-order valence-corrected chi connectivity index (χ1v) is 9.16. The molecule has 1 unspecified atom stereocenters. The molecule has 0 saturated heterocycles. The monoisotopic (exact) mass is 347 g/mol. The Kier molecular flexibility index (Phi) is 3.41. The first-order chi connectivity index (χ1) is 12.7. The van der Waals surface area contributed by atoms with Gasteiger partial charge < -0.3 is 5.32 Å². The van der Waals surface area contributed by atoms with E-state index in [0.717, 1.165) is 40.5 Å². The van der Waals surface area contributed by atoms with Gasteiger partial charge in [0.2, 0.25) is 11.7 Å². The van der Waals surface area contributed by atoms with Crippen LogP contribution < -0.4 is 5.32 Å². The van der Waals surface area contributed by atoms with E-state index in [4.69, 9.17) is 0 Å². The Bertz CT molecular complexity index is 1090. The molecule has 1 atom stereocenters. The van der Waals surface area contributed by atoms with Crippen molar-refractivity contribution < 1.29 is 0 Å². The molecule has 7 nitrogen and oxygen atoms in total. The lowest BCUT2D eigenvalue weighted by Gasteiger charge is -2.12. The molecule has 26 heavy (non-hydrogen) atoms. The third-order valence-corrected chi connectivity index (χ3v) is 5.22. The number of hydrogen-bond donors (Lipinski definition) is 1. The molecule has 4 aromatic heterocycles. The summed E-state index contributed by atoms with van der Waals surface area (Å²) in [6.45, 7) is 4.32. The summed E-state index contributed by atoms with van der Waals surface area (Å²) in [6, 6.07) is 2.48. The summed E-state index contributed by atoms with van der Waals surface area (Å²) < 4.78 is 3.93. The molecule has 1 N–H and O–H groups in total. The van der Waals surface area contributed by atoms with Crippen molar-refractivity contribution in [2.75, 3.05) is 5.32 Å². The second-order valence-electron chi connectivity index (χ2n) is 7.03. The third kappa shape index (κ3) is 2.51. The summed E-state index contributed by atoms with van der Waals surface area (Å²) in [4.78, 5) is 13.4. The number of imidazole rings is 1. The van der Waals surface area contributed by atoms with Gasteiger partial charge >= 0.3 is 0 Å². The molecule has 1 aliphatic rings. The van der Waals surface area contributed by atoms with Gasteiger partial charge in [-0.3, -0.25) is 4.40 Å². The van der Waals surface area contributed by atoms with Crippen LogP contribution in [0.25, 0.3) is 22.4 Å². The molecule has 132 valence electrons. The second kappa shape index (κ2) is 5.79. The van der Waals surface area contributed by atoms with E-state index in [9.17, 15) is 0 Å². The summed E-state index contributed by atoms with van der Waals surface area (Å²) >= 11 is 0. The van der Waals surface area contributed by atoms with Crippen molar-refractivity contribution in [2.45, 2.75) is 39.2 Å². The number of nitrogens with one attached hydrogen (secondary N) is 1. The van der Waals surface area contributed by atoms with Crippen LogP contribution in [-0.4, -0.2) is 35.0 Å². The molecular weight excluding hydrogens is 326 g/mol. The average Bonchev–Trinajstić information content (AvgIpc) is 3.31. The van der Waals surface area contributed by atoms with Crippen LogP contribution in [0.4, 0.5) is 5.95 Å². The van der Waals surface area contributed by atoms with Crippen LogP contribution >= 0.6 is 0 Å². The number of rotatable bonds is 5. The van der Waals surface area contributed by atoms with Gasteiger partial charge in [0.1, 0.15) is 0 Å². The molecule has 0 amide bonds. The van der Waals surface area contributed by atoms with Gasteiger partial charge in [-0.15, -0.1) is 5.10 Å². The highest BCUT2D eigenvalue weighted by Gasteiger charge is 2.28.